The number of pyridine rings is 1. The lowest BCUT2D eigenvalue weighted by atomic mass is 10.2. The van der Waals surface area contributed by atoms with Crippen molar-refractivity contribution < 1.29 is 8.81 Å². The zero-order valence-corrected chi connectivity index (χ0v) is 10.5. The molecule has 96 valence electrons. The maximum absolute atomic E-state index is 14.0. The summed E-state index contributed by atoms with van der Waals surface area (Å²) in [5.74, 6) is 0.777. The first kappa shape index (κ1) is 12.6. The van der Waals surface area contributed by atoms with Gasteiger partial charge in [-0.1, -0.05) is 0 Å². The van der Waals surface area contributed by atoms with Crippen molar-refractivity contribution in [2.24, 2.45) is 5.73 Å². The monoisotopic (exact) mass is 249 g/mol. The molecular formula is C13H16FN3O. The molecule has 0 aliphatic carbocycles. The summed E-state index contributed by atoms with van der Waals surface area (Å²) in [7, 11) is 1.79. The van der Waals surface area contributed by atoms with Crippen LogP contribution in [0.5, 0.6) is 0 Å². The molecule has 0 saturated carbocycles. The number of halogens is 1. The van der Waals surface area contributed by atoms with Gasteiger partial charge in [0.1, 0.15) is 5.76 Å². The maximum atomic E-state index is 14.0. The quantitative estimate of drug-likeness (QED) is 0.902. The average molecular weight is 249 g/mol. The fourth-order valence-electron chi connectivity index (χ4n) is 1.80. The first-order chi connectivity index (χ1) is 8.63. The van der Waals surface area contributed by atoms with Crippen molar-refractivity contribution in [3.8, 4) is 0 Å². The zero-order valence-electron chi connectivity index (χ0n) is 10.5. The standard InChI is InChI=1S/C13H16FN3O/c1-9-11(4-6-18-9)8-17(2)13-12(14)10(7-15)3-5-16-13/h3-6H,7-8,15H2,1-2H3. The van der Waals surface area contributed by atoms with Crippen molar-refractivity contribution in [1.29, 1.82) is 0 Å². The van der Waals surface area contributed by atoms with Crippen molar-refractivity contribution >= 4 is 5.82 Å². The van der Waals surface area contributed by atoms with Crippen molar-refractivity contribution in [2.45, 2.75) is 20.0 Å². The van der Waals surface area contributed by atoms with Gasteiger partial charge in [0.05, 0.1) is 6.26 Å². The summed E-state index contributed by atoms with van der Waals surface area (Å²) in [6, 6.07) is 3.46. The van der Waals surface area contributed by atoms with Gasteiger partial charge in [-0.2, -0.15) is 0 Å². The fraction of sp³-hybridized carbons (Fsp3) is 0.308. The summed E-state index contributed by atoms with van der Waals surface area (Å²) < 4.78 is 19.3. The SMILES string of the molecule is Cc1occc1CN(C)c1nccc(CN)c1F. The predicted molar refractivity (Wildman–Crippen MR) is 67.6 cm³/mol. The minimum atomic E-state index is -0.358. The average Bonchev–Trinajstić information content (AvgIpc) is 2.75. The number of nitrogens with zero attached hydrogens (tertiary/aromatic N) is 2. The molecule has 5 heteroatoms. The van der Waals surface area contributed by atoms with E-state index < -0.39 is 0 Å². The highest BCUT2D eigenvalue weighted by Crippen LogP contribution is 2.21. The summed E-state index contributed by atoms with van der Waals surface area (Å²) in [5, 5.41) is 0. The van der Waals surface area contributed by atoms with E-state index in [1.807, 2.05) is 13.0 Å². The zero-order chi connectivity index (χ0) is 13.1. The number of nitrogens with two attached hydrogens (primary N) is 1. The summed E-state index contributed by atoms with van der Waals surface area (Å²) >= 11 is 0. The lowest BCUT2D eigenvalue weighted by molar-refractivity contribution is 0.529. The Morgan fingerprint density at radius 3 is 2.78 bits per heavy atom. The van der Waals surface area contributed by atoms with E-state index in [1.54, 1.807) is 30.5 Å². The van der Waals surface area contributed by atoms with E-state index in [4.69, 9.17) is 10.2 Å². The molecule has 0 atom stereocenters. The normalized spacial score (nSPS) is 10.7. The molecule has 0 spiro atoms. The summed E-state index contributed by atoms with van der Waals surface area (Å²) in [5.41, 5.74) is 6.96. The van der Waals surface area contributed by atoms with Gasteiger partial charge in [0.15, 0.2) is 11.6 Å². The minimum Gasteiger partial charge on any atom is -0.469 e. The molecule has 0 amide bonds. The van der Waals surface area contributed by atoms with Crippen LogP contribution in [0.4, 0.5) is 10.2 Å². The second-order valence-electron chi connectivity index (χ2n) is 4.17. The summed E-state index contributed by atoms with van der Waals surface area (Å²) in [6.45, 7) is 2.59. The Balaban J connectivity index is 2.24. The lowest BCUT2D eigenvalue weighted by Gasteiger charge is -2.19. The van der Waals surface area contributed by atoms with Crippen molar-refractivity contribution in [1.82, 2.24) is 4.98 Å². The smallest absolute Gasteiger partial charge is 0.170 e. The highest BCUT2D eigenvalue weighted by Gasteiger charge is 2.14. The summed E-state index contributed by atoms with van der Waals surface area (Å²) in [4.78, 5) is 5.80. The molecule has 2 aromatic rings. The number of hydrogen-bond donors (Lipinski definition) is 1. The van der Waals surface area contributed by atoms with Crippen LogP contribution in [0.3, 0.4) is 0 Å². The van der Waals surface area contributed by atoms with Gasteiger partial charge in [0.25, 0.3) is 0 Å². The third-order valence-electron chi connectivity index (χ3n) is 2.91. The van der Waals surface area contributed by atoms with Gasteiger partial charge < -0.3 is 15.1 Å². The van der Waals surface area contributed by atoms with E-state index >= 15 is 0 Å². The molecule has 0 bridgehead atoms. The third-order valence-corrected chi connectivity index (χ3v) is 2.91. The highest BCUT2D eigenvalue weighted by molar-refractivity contribution is 5.43. The van der Waals surface area contributed by atoms with Gasteiger partial charge in [-0.3, -0.25) is 0 Å². The van der Waals surface area contributed by atoms with E-state index in [9.17, 15) is 4.39 Å². The fourth-order valence-corrected chi connectivity index (χ4v) is 1.80. The molecule has 4 nitrogen and oxygen atoms in total. The first-order valence-corrected chi connectivity index (χ1v) is 5.71. The number of rotatable bonds is 4. The molecule has 2 heterocycles. The van der Waals surface area contributed by atoms with E-state index in [0.717, 1.165) is 11.3 Å². The molecule has 18 heavy (non-hydrogen) atoms. The molecule has 0 fully saturated rings. The topological polar surface area (TPSA) is 55.3 Å². The Bertz CT molecular complexity index is 539. The highest BCUT2D eigenvalue weighted by atomic mass is 19.1. The largest absolute Gasteiger partial charge is 0.469 e. The van der Waals surface area contributed by atoms with Gasteiger partial charge in [-0.05, 0) is 19.1 Å². The van der Waals surface area contributed by atoms with Crippen molar-refractivity contribution in [3.63, 3.8) is 0 Å². The Morgan fingerprint density at radius 1 is 1.39 bits per heavy atom. The molecule has 2 rings (SSSR count). The molecule has 0 unspecified atom stereocenters. The minimum absolute atomic E-state index is 0.167. The van der Waals surface area contributed by atoms with Gasteiger partial charge in [-0.25, -0.2) is 9.37 Å². The van der Waals surface area contributed by atoms with Crippen molar-refractivity contribution in [3.05, 3.63) is 47.3 Å². The molecular weight excluding hydrogens is 233 g/mol. The number of aromatic nitrogens is 1. The summed E-state index contributed by atoms with van der Waals surface area (Å²) in [6.07, 6.45) is 3.19. The number of hydrogen-bond acceptors (Lipinski definition) is 4. The Labute approximate surface area is 105 Å². The predicted octanol–water partition coefficient (Wildman–Crippen LogP) is 2.22. The number of anilines is 1. The third kappa shape index (κ3) is 2.36. The molecule has 2 aromatic heterocycles. The Morgan fingerprint density at radius 2 is 2.17 bits per heavy atom. The van der Waals surface area contributed by atoms with E-state index in [-0.39, 0.29) is 12.4 Å². The van der Waals surface area contributed by atoms with Crippen LogP contribution >= 0.6 is 0 Å². The van der Waals surface area contributed by atoms with Gasteiger partial charge >= 0.3 is 0 Å². The van der Waals surface area contributed by atoms with Crippen LogP contribution in [0.15, 0.2) is 29.0 Å². The van der Waals surface area contributed by atoms with Gasteiger partial charge in [0.2, 0.25) is 0 Å². The van der Waals surface area contributed by atoms with Crippen molar-refractivity contribution in [2.75, 3.05) is 11.9 Å². The Hall–Kier alpha value is -1.88. The van der Waals surface area contributed by atoms with Crippen LogP contribution in [0.1, 0.15) is 16.9 Å². The number of aryl methyl sites for hydroxylation is 1. The molecule has 0 aromatic carbocycles. The molecule has 0 radical (unpaired) electrons. The Kier molecular flexibility index (Phi) is 3.62. The second-order valence-corrected chi connectivity index (χ2v) is 4.17. The van der Waals surface area contributed by atoms with Crippen LogP contribution < -0.4 is 10.6 Å². The first-order valence-electron chi connectivity index (χ1n) is 5.71. The van der Waals surface area contributed by atoms with Crippen LogP contribution in [0.2, 0.25) is 0 Å². The van der Waals surface area contributed by atoms with E-state index in [1.165, 1.54) is 0 Å². The van der Waals surface area contributed by atoms with Gasteiger partial charge in [-0.15, -0.1) is 0 Å². The lowest BCUT2D eigenvalue weighted by Crippen LogP contribution is -2.20. The van der Waals surface area contributed by atoms with Crippen LogP contribution in [-0.2, 0) is 13.1 Å². The molecule has 0 aliphatic heterocycles. The second kappa shape index (κ2) is 5.18. The maximum Gasteiger partial charge on any atom is 0.170 e. The molecule has 0 aliphatic rings. The number of furan rings is 1. The molecule has 0 saturated heterocycles. The van der Waals surface area contributed by atoms with Crippen LogP contribution in [-0.4, -0.2) is 12.0 Å². The van der Waals surface area contributed by atoms with Crippen LogP contribution in [0.25, 0.3) is 0 Å². The van der Waals surface area contributed by atoms with Crippen LogP contribution in [0, 0.1) is 12.7 Å². The van der Waals surface area contributed by atoms with E-state index in [2.05, 4.69) is 4.98 Å². The van der Waals surface area contributed by atoms with E-state index in [0.29, 0.717) is 17.9 Å². The van der Waals surface area contributed by atoms with Gasteiger partial charge in [0, 0.05) is 37.5 Å². The molecule has 2 N–H and O–H groups in total.